The van der Waals surface area contributed by atoms with Crippen molar-refractivity contribution in [1.29, 1.82) is 0 Å². The number of amides is 2. The molecule has 2 amide bonds. The fraction of sp³-hybridized carbons (Fsp3) is 0.385. The van der Waals surface area contributed by atoms with Crippen LogP contribution in [0.5, 0.6) is 0 Å². The third kappa shape index (κ3) is 6.57. The molecule has 0 bridgehead atoms. The number of rotatable bonds is 9. The zero-order chi connectivity index (χ0) is 24.6. The molecule has 0 spiro atoms. The molecule has 0 radical (unpaired) electrons. The monoisotopic (exact) mass is 493 g/mol. The molecule has 8 nitrogen and oxygen atoms in total. The second kappa shape index (κ2) is 11.8. The van der Waals surface area contributed by atoms with Gasteiger partial charge in [-0.1, -0.05) is 18.2 Å². The third-order valence-corrected chi connectivity index (χ3v) is 6.98. The standard InChI is InChI=1S/C26H31N5O3S/c1-2-27-25(32)21-6-3-5-20(15-21)23-7-4-8-24(29-23)30-12-9-19(10-13-30)11-14-31(26(33)34)16-22-17-35-18-28-22/h3-8,15,17-19H,2,9-14,16H2,1H3,(H,27,32)(H,33,34). The van der Waals surface area contributed by atoms with Crippen molar-refractivity contribution in [1.82, 2.24) is 20.2 Å². The normalized spacial score (nSPS) is 14.0. The minimum absolute atomic E-state index is 0.0828. The number of carbonyl (C=O) groups is 2. The molecular formula is C26H31N5O3S. The minimum Gasteiger partial charge on any atom is -0.465 e. The van der Waals surface area contributed by atoms with E-state index in [1.165, 1.54) is 16.2 Å². The van der Waals surface area contributed by atoms with Crippen LogP contribution in [0.4, 0.5) is 10.6 Å². The molecule has 35 heavy (non-hydrogen) atoms. The molecule has 184 valence electrons. The van der Waals surface area contributed by atoms with Gasteiger partial charge in [0.05, 0.1) is 23.4 Å². The van der Waals surface area contributed by atoms with Gasteiger partial charge in [0.2, 0.25) is 0 Å². The number of hydrogen-bond donors (Lipinski definition) is 2. The van der Waals surface area contributed by atoms with Crippen molar-refractivity contribution in [3.8, 4) is 11.3 Å². The summed E-state index contributed by atoms with van der Waals surface area (Å²) in [6, 6.07) is 13.5. The summed E-state index contributed by atoms with van der Waals surface area (Å²) in [6.07, 6.45) is 1.96. The molecule has 0 saturated carbocycles. The lowest BCUT2D eigenvalue weighted by atomic mass is 9.93. The van der Waals surface area contributed by atoms with Crippen LogP contribution in [0.2, 0.25) is 0 Å². The van der Waals surface area contributed by atoms with Crippen LogP contribution < -0.4 is 10.2 Å². The summed E-state index contributed by atoms with van der Waals surface area (Å²) in [6.45, 7) is 5.13. The third-order valence-electron chi connectivity index (χ3n) is 6.34. The average Bonchev–Trinajstić information content (AvgIpc) is 3.40. The quantitative estimate of drug-likeness (QED) is 0.447. The van der Waals surface area contributed by atoms with E-state index < -0.39 is 6.09 Å². The molecular weight excluding hydrogens is 462 g/mol. The van der Waals surface area contributed by atoms with E-state index in [4.69, 9.17) is 4.98 Å². The molecule has 0 aliphatic carbocycles. The number of aromatic nitrogens is 2. The fourth-order valence-corrected chi connectivity index (χ4v) is 4.93. The van der Waals surface area contributed by atoms with Gasteiger partial charge in [-0.05, 0) is 56.4 Å². The van der Waals surface area contributed by atoms with Crippen LogP contribution in [0, 0.1) is 5.92 Å². The number of carboxylic acid groups (broad SMARTS) is 1. The van der Waals surface area contributed by atoms with Gasteiger partial charge in [0.25, 0.3) is 5.91 Å². The first-order valence-corrected chi connectivity index (χ1v) is 12.9. The highest BCUT2D eigenvalue weighted by atomic mass is 32.1. The van der Waals surface area contributed by atoms with Crippen LogP contribution in [-0.2, 0) is 6.54 Å². The number of piperidine rings is 1. The Hall–Kier alpha value is -3.46. The maximum absolute atomic E-state index is 12.2. The van der Waals surface area contributed by atoms with E-state index >= 15 is 0 Å². The summed E-state index contributed by atoms with van der Waals surface area (Å²) in [5.41, 5.74) is 4.92. The van der Waals surface area contributed by atoms with E-state index in [2.05, 4.69) is 15.2 Å². The van der Waals surface area contributed by atoms with Crippen molar-refractivity contribution >= 4 is 29.2 Å². The smallest absolute Gasteiger partial charge is 0.407 e. The molecule has 3 aromatic rings. The van der Waals surface area contributed by atoms with Crippen molar-refractivity contribution in [2.24, 2.45) is 5.92 Å². The lowest BCUT2D eigenvalue weighted by molar-refractivity contribution is 0.0955. The van der Waals surface area contributed by atoms with Gasteiger partial charge in [0.1, 0.15) is 5.82 Å². The average molecular weight is 494 g/mol. The molecule has 1 saturated heterocycles. The highest BCUT2D eigenvalue weighted by Crippen LogP contribution is 2.27. The van der Waals surface area contributed by atoms with Gasteiger partial charge in [0, 0.05) is 42.7 Å². The fourth-order valence-electron chi connectivity index (χ4n) is 4.39. The summed E-state index contributed by atoms with van der Waals surface area (Å²) >= 11 is 1.48. The van der Waals surface area contributed by atoms with Gasteiger partial charge in [-0.25, -0.2) is 14.8 Å². The molecule has 0 unspecified atom stereocenters. The molecule has 0 atom stereocenters. The van der Waals surface area contributed by atoms with Crippen molar-refractivity contribution < 1.29 is 14.7 Å². The summed E-state index contributed by atoms with van der Waals surface area (Å²) in [5.74, 6) is 1.33. The molecule has 9 heteroatoms. The summed E-state index contributed by atoms with van der Waals surface area (Å²) in [5, 5.41) is 14.3. The van der Waals surface area contributed by atoms with Crippen LogP contribution in [0.3, 0.4) is 0 Å². The topological polar surface area (TPSA) is 98.7 Å². The zero-order valence-corrected chi connectivity index (χ0v) is 20.7. The van der Waals surface area contributed by atoms with E-state index in [-0.39, 0.29) is 5.91 Å². The van der Waals surface area contributed by atoms with Crippen molar-refractivity contribution in [3.63, 3.8) is 0 Å². The number of pyridine rings is 1. The Morgan fingerprint density at radius 1 is 1.20 bits per heavy atom. The number of hydrogen-bond acceptors (Lipinski definition) is 6. The summed E-state index contributed by atoms with van der Waals surface area (Å²) in [4.78, 5) is 36.7. The number of carbonyl (C=O) groups excluding carboxylic acids is 1. The van der Waals surface area contributed by atoms with Crippen LogP contribution >= 0.6 is 11.3 Å². The SMILES string of the molecule is CCNC(=O)c1cccc(-c2cccc(N3CCC(CCN(Cc4cscn4)C(=O)O)CC3)n2)c1. The number of benzene rings is 1. The molecule has 3 heterocycles. The van der Waals surface area contributed by atoms with Gasteiger partial charge in [0.15, 0.2) is 0 Å². The Bertz CT molecular complexity index is 1130. The van der Waals surface area contributed by atoms with Crippen molar-refractivity contribution in [2.75, 3.05) is 31.1 Å². The van der Waals surface area contributed by atoms with Crippen molar-refractivity contribution in [3.05, 3.63) is 64.6 Å². The van der Waals surface area contributed by atoms with Crippen LogP contribution in [-0.4, -0.2) is 58.2 Å². The molecule has 1 aromatic carbocycles. The molecule has 1 fully saturated rings. The minimum atomic E-state index is -0.896. The van der Waals surface area contributed by atoms with Gasteiger partial charge in [-0.15, -0.1) is 11.3 Å². The first-order chi connectivity index (χ1) is 17.0. The Morgan fingerprint density at radius 2 is 2.00 bits per heavy atom. The molecule has 1 aliphatic rings. The highest BCUT2D eigenvalue weighted by molar-refractivity contribution is 7.07. The zero-order valence-electron chi connectivity index (χ0n) is 19.9. The van der Waals surface area contributed by atoms with Gasteiger partial charge >= 0.3 is 6.09 Å². The Balaban J connectivity index is 1.33. The molecule has 1 aliphatic heterocycles. The largest absolute Gasteiger partial charge is 0.465 e. The molecule has 4 rings (SSSR count). The lowest BCUT2D eigenvalue weighted by Crippen LogP contribution is -2.36. The van der Waals surface area contributed by atoms with Crippen LogP contribution in [0.25, 0.3) is 11.3 Å². The van der Waals surface area contributed by atoms with E-state index in [0.29, 0.717) is 31.1 Å². The molecule has 2 N–H and O–H groups in total. The number of nitrogens with one attached hydrogen (secondary N) is 1. The van der Waals surface area contributed by atoms with Gasteiger partial charge < -0.3 is 20.2 Å². The second-order valence-corrected chi connectivity index (χ2v) is 9.44. The Kier molecular flexibility index (Phi) is 8.31. The highest BCUT2D eigenvalue weighted by Gasteiger charge is 2.22. The summed E-state index contributed by atoms with van der Waals surface area (Å²) < 4.78 is 0. The van der Waals surface area contributed by atoms with E-state index in [1.54, 1.807) is 5.51 Å². The summed E-state index contributed by atoms with van der Waals surface area (Å²) in [7, 11) is 0. The van der Waals surface area contributed by atoms with Gasteiger partial charge in [-0.3, -0.25) is 4.79 Å². The maximum Gasteiger partial charge on any atom is 0.407 e. The number of nitrogens with zero attached hydrogens (tertiary/aromatic N) is 4. The lowest BCUT2D eigenvalue weighted by Gasteiger charge is -2.33. The van der Waals surface area contributed by atoms with Crippen LogP contribution in [0.1, 0.15) is 42.2 Å². The van der Waals surface area contributed by atoms with E-state index in [1.807, 2.05) is 54.8 Å². The predicted octanol–water partition coefficient (Wildman–Crippen LogP) is 4.74. The van der Waals surface area contributed by atoms with Crippen molar-refractivity contribution in [2.45, 2.75) is 32.7 Å². The second-order valence-electron chi connectivity index (χ2n) is 8.72. The Labute approximate surface area is 209 Å². The number of thiazole rings is 1. The maximum atomic E-state index is 12.2. The van der Waals surface area contributed by atoms with E-state index in [9.17, 15) is 14.7 Å². The molecule has 2 aromatic heterocycles. The van der Waals surface area contributed by atoms with E-state index in [0.717, 1.165) is 55.1 Å². The first-order valence-electron chi connectivity index (χ1n) is 12.0. The number of anilines is 1. The first kappa shape index (κ1) is 24.7. The Morgan fingerprint density at radius 3 is 2.71 bits per heavy atom. The van der Waals surface area contributed by atoms with Crippen LogP contribution in [0.15, 0.2) is 53.4 Å². The predicted molar refractivity (Wildman–Crippen MR) is 138 cm³/mol. The van der Waals surface area contributed by atoms with Gasteiger partial charge in [-0.2, -0.15) is 0 Å².